The highest BCUT2D eigenvalue weighted by Gasteiger charge is 2.41. The molecule has 2 aromatic carbocycles. The molecule has 0 fully saturated rings. The molecule has 0 N–H and O–H groups in total. The predicted octanol–water partition coefficient (Wildman–Crippen LogP) is 4.08. The normalized spacial score (nSPS) is 11.6. The van der Waals surface area contributed by atoms with Crippen LogP contribution in [0.15, 0.2) is 48.5 Å². The number of ketones is 1. The van der Waals surface area contributed by atoms with Crippen molar-refractivity contribution in [3.8, 4) is 0 Å². The predicted molar refractivity (Wildman–Crippen MR) is 107 cm³/mol. The molecule has 148 valence electrons. The van der Waals surface area contributed by atoms with Crippen LogP contribution in [0.1, 0.15) is 59.5 Å². The Bertz CT molecular complexity index is 801. The summed E-state index contributed by atoms with van der Waals surface area (Å²) in [6.07, 6.45) is 0. The molecule has 0 aromatic heterocycles. The van der Waals surface area contributed by atoms with Gasteiger partial charge < -0.3 is 9.47 Å². The first kappa shape index (κ1) is 21.4. The van der Waals surface area contributed by atoms with Crippen molar-refractivity contribution in [1.29, 1.82) is 0 Å². The lowest BCUT2D eigenvalue weighted by atomic mass is 9.67. The number of rotatable bonds is 6. The van der Waals surface area contributed by atoms with Crippen LogP contribution in [0.25, 0.3) is 0 Å². The zero-order valence-electron chi connectivity index (χ0n) is 17.2. The SMILES string of the molecule is COC(=O)c1ccc(C(C)(C)C(=O)C(C)(C)c2ccc(C(=O)OC)cc2)cc1. The molecule has 0 saturated heterocycles. The molecule has 28 heavy (non-hydrogen) atoms. The number of ether oxygens (including phenoxy) is 2. The summed E-state index contributed by atoms with van der Waals surface area (Å²) < 4.78 is 9.43. The van der Waals surface area contributed by atoms with E-state index >= 15 is 0 Å². The molecule has 0 bridgehead atoms. The number of carbonyl (C=O) groups excluding carboxylic acids is 3. The monoisotopic (exact) mass is 382 g/mol. The van der Waals surface area contributed by atoms with Crippen LogP contribution in [-0.4, -0.2) is 31.9 Å². The molecule has 0 heterocycles. The average Bonchev–Trinajstić information content (AvgIpc) is 2.72. The minimum Gasteiger partial charge on any atom is -0.465 e. The Labute approximate surface area is 165 Å². The van der Waals surface area contributed by atoms with E-state index in [4.69, 9.17) is 9.47 Å². The van der Waals surface area contributed by atoms with Gasteiger partial charge in [0.05, 0.1) is 25.3 Å². The van der Waals surface area contributed by atoms with Crippen molar-refractivity contribution in [1.82, 2.24) is 0 Å². The molecule has 0 aliphatic rings. The summed E-state index contributed by atoms with van der Waals surface area (Å²) in [5.74, 6) is -0.806. The van der Waals surface area contributed by atoms with E-state index in [2.05, 4.69) is 0 Å². The van der Waals surface area contributed by atoms with Gasteiger partial charge in [0.15, 0.2) is 5.78 Å². The van der Waals surface area contributed by atoms with Crippen LogP contribution < -0.4 is 0 Å². The molecule has 0 aliphatic heterocycles. The van der Waals surface area contributed by atoms with Gasteiger partial charge in [0, 0.05) is 10.8 Å². The van der Waals surface area contributed by atoms with Gasteiger partial charge in [-0.3, -0.25) is 4.79 Å². The Hall–Kier alpha value is -2.95. The summed E-state index contributed by atoms with van der Waals surface area (Å²) in [5, 5.41) is 0. The second-order valence-electron chi connectivity index (χ2n) is 7.72. The molecule has 0 spiro atoms. The van der Waals surface area contributed by atoms with Crippen molar-refractivity contribution >= 4 is 17.7 Å². The Morgan fingerprint density at radius 1 is 0.607 bits per heavy atom. The first-order chi connectivity index (χ1) is 13.1. The van der Waals surface area contributed by atoms with Gasteiger partial charge in [-0.2, -0.15) is 0 Å². The molecule has 2 rings (SSSR count). The van der Waals surface area contributed by atoms with E-state index in [1.165, 1.54) is 14.2 Å². The molecule has 0 amide bonds. The third kappa shape index (κ3) is 3.98. The number of esters is 2. The fourth-order valence-corrected chi connectivity index (χ4v) is 3.33. The van der Waals surface area contributed by atoms with Gasteiger partial charge in [-0.05, 0) is 63.1 Å². The molecule has 0 saturated carbocycles. The number of Topliss-reactive ketones (excluding diaryl/α,β-unsaturated/α-hetero) is 1. The molecular formula is C23H26O5. The smallest absolute Gasteiger partial charge is 0.337 e. The van der Waals surface area contributed by atoms with Gasteiger partial charge >= 0.3 is 11.9 Å². The van der Waals surface area contributed by atoms with Gasteiger partial charge in [0.1, 0.15) is 0 Å². The molecule has 2 aromatic rings. The zero-order valence-corrected chi connectivity index (χ0v) is 17.2. The van der Waals surface area contributed by atoms with Crippen LogP contribution >= 0.6 is 0 Å². The minimum atomic E-state index is -0.779. The first-order valence-corrected chi connectivity index (χ1v) is 8.98. The number of hydrogen-bond acceptors (Lipinski definition) is 5. The third-order valence-electron chi connectivity index (χ3n) is 5.19. The molecule has 0 radical (unpaired) electrons. The van der Waals surface area contributed by atoms with Crippen LogP contribution in [0.3, 0.4) is 0 Å². The quantitative estimate of drug-likeness (QED) is 0.704. The lowest BCUT2D eigenvalue weighted by Gasteiger charge is -2.34. The highest BCUT2D eigenvalue weighted by atomic mass is 16.5. The highest BCUT2D eigenvalue weighted by molar-refractivity contribution is 5.98. The Morgan fingerprint density at radius 2 is 0.893 bits per heavy atom. The summed E-state index contributed by atoms with van der Waals surface area (Å²) in [4.78, 5) is 36.7. The maximum atomic E-state index is 13.5. The van der Waals surface area contributed by atoms with Crippen molar-refractivity contribution in [2.75, 3.05) is 14.2 Å². The summed E-state index contributed by atoms with van der Waals surface area (Å²) in [6.45, 7) is 7.47. The largest absolute Gasteiger partial charge is 0.465 e. The summed E-state index contributed by atoms with van der Waals surface area (Å²) in [5.41, 5.74) is 0.936. The van der Waals surface area contributed by atoms with E-state index in [9.17, 15) is 14.4 Å². The van der Waals surface area contributed by atoms with Gasteiger partial charge in [-0.15, -0.1) is 0 Å². The molecule has 5 nitrogen and oxygen atoms in total. The van der Waals surface area contributed by atoms with Crippen molar-refractivity contribution in [3.63, 3.8) is 0 Å². The fraction of sp³-hybridized carbons (Fsp3) is 0.348. The van der Waals surface area contributed by atoms with E-state index in [-0.39, 0.29) is 5.78 Å². The number of benzene rings is 2. The van der Waals surface area contributed by atoms with Crippen LogP contribution in [0.5, 0.6) is 0 Å². The Morgan fingerprint density at radius 3 is 1.14 bits per heavy atom. The van der Waals surface area contributed by atoms with Crippen molar-refractivity contribution in [2.45, 2.75) is 38.5 Å². The fourth-order valence-electron chi connectivity index (χ4n) is 3.33. The maximum absolute atomic E-state index is 13.5. The van der Waals surface area contributed by atoms with E-state index in [1.807, 2.05) is 27.7 Å². The molecule has 0 aliphatic carbocycles. The molecular weight excluding hydrogens is 356 g/mol. The van der Waals surface area contributed by atoms with Crippen molar-refractivity contribution in [2.24, 2.45) is 0 Å². The summed E-state index contributed by atoms with van der Waals surface area (Å²) in [7, 11) is 2.66. The van der Waals surface area contributed by atoms with E-state index in [0.717, 1.165) is 11.1 Å². The van der Waals surface area contributed by atoms with Gasteiger partial charge in [-0.25, -0.2) is 9.59 Å². The Kier molecular flexibility index (Phi) is 6.07. The molecule has 0 atom stereocenters. The van der Waals surface area contributed by atoms with E-state index < -0.39 is 22.8 Å². The Balaban J connectivity index is 2.33. The lowest BCUT2D eigenvalue weighted by Crippen LogP contribution is -2.42. The van der Waals surface area contributed by atoms with Crippen LogP contribution in [0.2, 0.25) is 0 Å². The highest BCUT2D eigenvalue weighted by Crippen LogP contribution is 2.36. The van der Waals surface area contributed by atoms with Crippen LogP contribution in [-0.2, 0) is 25.1 Å². The van der Waals surface area contributed by atoms with Crippen LogP contribution in [0.4, 0.5) is 0 Å². The number of carbonyl (C=O) groups is 3. The molecule has 0 unspecified atom stereocenters. The van der Waals surface area contributed by atoms with Gasteiger partial charge in [-0.1, -0.05) is 24.3 Å². The first-order valence-electron chi connectivity index (χ1n) is 8.98. The van der Waals surface area contributed by atoms with Gasteiger partial charge in [0.25, 0.3) is 0 Å². The van der Waals surface area contributed by atoms with Gasteiger partial charge in [0.2, 0.25) is 0 Å². The third-order valence-corrected chi connectivity index (χ3v) is 5.19. The topological polar surface area (TPSA) is 69.7 Å². The molecule has 5 heteroatoms. The number of hydrogen-bond donors (Lipinski definition) is 0. The summed E-state index contributed by atoms with van der Waals surface area (Å²) >= 11 is 0. The van der Waals surface area contributed by atoms with E-state index in [1.54, 1.807) is 48.5 Å². The van der Waals surface area contributed by atoms with Crippen LogP contribution in [0, 0.1) is 0 Å². The second kappa shape index (κ2) is 7.97. The van der Waals surface area contributed by atoms with Crippen molar-refractivity contribution in [3.05, 3.63) is 70.8 Å². The minimum absolute atomic E-state index is 0.0247. The summed E-state index contributed by atoms with van der Waals surface area (Å²) in [6, 6.07) is 13.8. The maximum Gasteiger partial charge on any atom is 0.337 e. The van der Waals surface area contributed by atoms with Crippen molar-refractivity contribution < 1.29 is 23.9 Å². The van der Waals surface area contributed by atoms with E-state index in [0.29, 0.717) is 11.1 Å². The average molecular weight is 382 g/mol. The zero-order chi connectivity index (χ0) is 21.1. The number of methoxy groups -OCH3 is 2. The standard InChI is InChI=1S/C23H26O5/c1-22(2,17-11-7-15(8-12-17)19(24)27-5)21(26)23(3,4)18-13-9-16(10-14-18)20(25)28-6/h7-14H,1-6H3. The second-order valence-corrected chi connectivity index (χ2v) is 7.72. The lowest BCUT2D eigenvalue weighted by molar-refractivity contribution is -0.128.